The molecule has 2 aromatic carbocycles. The number of aromatic nitrogens is 2. The number of nitrogens with zero attached hydrogens (tertiary/aromatic N) is 3. The second kappa shape index (κ2) is 3.71. The fourth-order valence-electron chi connectivity index (χ4n) is 3.05. The minimum atomic E-state index is 0.715. The van der Waals surface area contributed by atoms with Gasteiger partial charge in [-0.15, -0.1) is 9.36 Å². The van der Waals surface area contributed by atoms with Gasteiger partial charge < -0.3 is 0 Å². The standard InChI is InChI=1S/C17H14N3/c1-11-7-14-10-19-9-13-5-4-6-15(18-3)17(13)20(19)16(14)8-12(11)2/h4-9H,10H2,1-2H3/q+1. The molecule has 0 fully saturated rings. The lowest BCUT2D eigenvalue weighted by atomic mass is 10.0. The number of para-hydroxylation sites is 1. The molecule has 1 aliphatic heterocycles. The van der Waals surface area contributed by atoms with Crippen LogP contribution in [0.1, 0.15) is 16.7 Å². The molecule has 1 aromatic heterocycles. The van der Waals surface area contributed by atoms with Gasteiger partial charge >= 0.3 is 0 Å². The molecule has 4 rings (SSSR count). The van der Waals surface area contributed by atoms with Crippen molar-refractivity contribution in [2.45, 2.75) is 20.4 Å². The van der Waals surface area contributed by atoms with Crippen LogP contribution in [0.2, 0.25) is 0 Å². The Morgan fingerprint density at radius 2 is 2.00 bits per heavy atom. The van der Waals surface area contributed by atoms with Gasteiger partial charge in [-0.05, 0) is 43.2 Å². The lowest BCUT2D eigenvalue weighted by Crippen LogP contribution is -2.36. The van der Waals surface area contributed by atoms with Gasteiger partial charge in [-0.2, -0.15) is 0 Å². The fourth-order valence-corrected chi connectivity index (χ4v) is 3.05. The first-order valence-corrected chi connectivity index (χ1v) is 6.71. The minimum absolute atomic E-state index is 0.715. The summed E-state index contributed by atoms with van der Waals surface area (Å²) in [6, 6.07) is 10.4. The Morgan fingerprint density at radius 3 is 2.80 bits per heavy atom. The Balaban J connectivity index is 2.13. The van der Waals surface area contributed by atoms with Gasteiger partial charge in [0.1, 0.15) is 11.2 Å². The van der Waals surface area contributed by atoms with Gasteiger partial charge in [0.25, 0.3) is 0 Å². The first-order chi connectivity index (χ1) is 9.69. The van der Waals surface area contributed by atoms with Gasteiger partial charge in [0.15, 0.2) is 6.54 Å². The Morgan fingerprint density at radius 1 is 1.20 bits per heavy atom. The first-order valence-electron chi connectivity index (χ1n) is 6.71. The molecule has 3 heteroatoms. The maximum absolute atomic E-state index is 7.39. The quantitative estimate of drug-likeness (QED) is 0.339. The molecule has 96 valence electrons. The van der Waals surface area contributed by atoms with Crippen LogP contribution in [0, 0.1) is 20.4 Å². The minimum Gasteiger partial charge on any atom is -0.236 e. The average Bonchev–Trinajstić information content (AvgIpc) is 2.95. The maximum atomic E-state index is 7.39. The number of aryl methyl sites for hydroxylation is 2. The van der Waals surface area contributed by atoms with Crippen LogP contribution < -0.4 is 4.68 Å². The van der Waals surface area contributed by atoms with E-state index < -0.39 is 0 Å². The Hall–Kier alpha value is -2.60. The van der Waals surface area contributed by atoms with E-state index in [1.54, 1.807) is 0 Å². The number of hydrogen-bond acceptors (Lipinski definition) is 0. The molecule has 0 radical (unpaired) electrons. The summed E-state index contributed by atoms with van der Waals surface area (Å²) in [4.78, 5) is 3.68. The molecule has 1 aliphatic rings. The third-order valence-corrected chi connectivity index (χ3v) is 4.18. The zero-order valence-electron chi connectivity index (χ0n) is 11.5. The highest BCUT2D eigenvalue weighted by molar-refractivity contribution is 5.91. The molecule has 2 heterocycles. The van der Waals surface area contributed by atoms with E-state index in [2.05, 4.69) is 52.5 Å². The van der Waals surface area contributed by atoms with Crippen LogP contribution in [0.5, 0.6) is 0 Å². The van der Waals surface area contributed by atoms with E-state index in [0.29, 0.717) is 5.69 Å². The van der Waals surface area contributed by atoms with Crippen LogP contribution in [0.15, 0.2) is 36.5 Å². The molecule has 0 atom stereocenters. The topological polar surface area (TPSA) is 13.2 Å². The van der Waals surface area contributed by atoms with E-state index in [-0.39, 0.29) is 0 Å². The summed E-state index contributed by atoms with van der Waals surface area (Å²) in [5.74, 6) is 0. The predicted molar refractivity (Wildman–Crippen MR) is 78.3 cm³/mol. The average molecular weight is 260 g/mol. The number of hydrogen-bond donors (Lipinski definition) is 0. The molecule has 3 aromatic rings. The highest BCUT2D eigenvalue weighted by atomic mass is 15.4. The predicted octanol–water partition coefficient (Wildman–Crippen LogP) is 3.45. The van der Waals surface area contributed by atoms with Crippen molar-refractivity contribution in [2.75, 3.05) is 0 Å². The van der Waals surface area contributed by atoms with Crippen molar-refractivity contribution >= 4 is 16.6 Å². The second-order valence-electron chi connectivity index (χ2n) is 5.43. The van der Waals surface area contributed by atoms with Crippen molar-refractivity contribution in [1.29, 1.82) is 0 Å². The highest BCUT2D eigenvalue weighted by Gasteiger charge is 2.29. The van der Waals surface area contributed by atoms with Crippen LogP contribution in [-0.2, 0) is 6.54 Å². The van der Waals surface area contributed by atoms with Crippen LogP contribution in [-0.4, -0.2) is 4.68 Å². The lowest BCUT2D eigenvalue weighted by Gasteiger charge is -2.04. The van der Waals surface area contributed by atoms with E-state index >= 15 is 0 Å². The van der Waals surface area contributed by atoms with Crippen LogP contribution in [0.25, 0.3) is 21.4 Å². The summed E-state index contributed by atoms with van der Waals surface area (Å²) >= 11 is 0. The number of benzene rings is 2. The largest absolute Gasteiger partial charge is 0.236 e. The summed E-state index contributed by atoms with van der Waals surface area (Å²) in [6.45, 7) is 12.6. The Bertz CT molecular complexity index is 910. The summed E-state index contributed by atoms with van der Waals surface area (Å²) in [5.41, 5.74) is 6.88. The zero-order valence-corrected chi connectivity index (χ0v) is 11.5. The lowest BCUT2D eigenvalue weighted by molar-refractivity contribution is -0.749. The normalized spacial score (nSPS) is 12.2. The molecular formula is C17H14N3+. The first kappa shape index (κ1) is 11.2. The van der Waals surface area contributed by atoms with Crippen molar-refractivity contribution in [3.05, 3.63) is 64.6 Å². The van der Waals surface area contributed by atoms with Crippen molar-refractivity contribution in [1.82, 2.24) is 4.68 Å². The van der Waals surface area contributed by atoms with Crippen molar-refractivity contribution in [2.24, 2.45) is 0 Å². The molecule has 0 spiro atoms. The molecule has 0 unspecified atom stereocenters. The van der Waals surface area contributed by atoms with E-state index in [1.807, 2.05) is 12.1 Å². The number of fused-ring (bicyclic) bond motifs is 5. The zero-order chi connectivity index (χ0) is 13.9. The Kier molecular flexibility index (Phi) is 2.08. The Labute approximate surface area is 117 Å². The third-order valence-electron chi connectivity index (χ3n) is 4.18. The maximum Gasteiger partial charge on any atom is 0.217 e. The summed E-state index contributed by atoms with van der Waals surface area (Å²) in [5, 5.41) is 1.13. The summed E-state index contributed by atoms with van der Waals surface area (Å²) in [7, 11) is 0. The molecule has 0 saturated carbocycles. The van der Waals surface area contributed by atoms with Crippen molar-refractivity contribution < 1.29 is 4.68 Å². The molecule has 3 nitrogen and oxygen atoms in total. The SMILES string of the molecule is [C-]#[N+]c1cccc2c[n+]3n(c12)-c1cc(C)c(C)cc1C3. The molecule has 20 heavy (non-hydrogen) atoms. The molecule has 0 aliphatic carbocycles. The smallest absolute Gasteiger partial charge is 0.217 e. The monoisotopic (exact) mass is 260 g/mol. The third kappa shape index (κ3) is 1.31. The second-order valence-corrected chi connectivity index (χ2v) is 5.43. The summed E-state index contributed by atoms with van der Waals surface area (Å²) in [6.07, 6.45) is 2.13. The molecule has 0 saturated heterocycles. The van der Waals surface area contributed by atoms with E-state index in [4.69, 9.17) is 6.57 Å². The van der Waals surface area contributed by atoms with Crippen LogP contribution in [0.4, 0.5) is 5.69 Å². The van der Waals surface area contributed by atoms with Gasteiger partial charge in [0, 0.05) is 5.56 Å². The van der Waals surface area contributed by atoms with Gasteiger partial charge in [-0.3, -0.25) is 0 Å². The van der Waals surface area contributed by atoms with Gasteiger partial charge in [0.05, 0.1) is 12.0 Å². The van der Waals surface area contributed by atoms with E-state index in [1.165, 1.54) is 22.4 Å². The van der Waals surface area contributed by atoms with Crippen LogP contribution in [0.3, 0.4) is 0 Å². The van der Waals surface area contributed by atoms with Crippen molar-refractivity contribution in [3.8, 4) is 5.69 Å². The van der Waals surface area contributed by atoms with Crippen molar-refractivity contribution in [3.63, 3.8) is 0 Å². The van der Waals surface area contributed by atoms with Gasteiger partial charge in [-0.25, -0.2) is 4.85 Å². The van der Waals surface area contributed by atoms with Gasteiger partial charge in [-0.1, -0.05) is 12.1 Å². The molecule has 0 N–H and O–H groups in total. The van der Waals surface area contributed by atoms with E-state index in [0.717, 1.165) is 17.4 Å². The molecule has 0 bridgehead atoms. The molecular weight excluding hydrogens is 246 g/mol. The van der Waals surface area contributed by atoms with Crippen LogP contribution >= 0.6 is 0 Å². The fraction of sp³-hybridized carbons (Fsp3) is 0.176. The molecule has 0 amide bonds. The number of rotatable bonds is 0. The summed E-state index contributed by atoms with van der Waals surface area (Å²) < 4.78 is 4.38. The van der Waals surface area contributed by atoms with E-state index in [9.17, 15) is 0 Å². The van der Waals surface area contributed by atoms with Gasteiger partial charge in [0.2, 0.25) is 11.9 Å². The highest BCUT2D eigenvalue weighted by Crippen LogP contribution is 2.32.